The molecule has 2 amide bonds. The van der Waals surface area contributed by atoms with E-state index < -0.39 is 69.6 Å². The first kappa shape index (κ1) is 50.8. The second-order valence-corrected chi connectivity index (χ2v) is 24.9. The van der Waals surface area contributed by atoms with E-state index in [4.69, 9.17) is 4.74 Å². The van der Waals surface area contributed by atoms with E-state index in [0.29, 0.717) is 62.1 Å². The number of nitrogens with zero attached hydrogens (tertiary/aromatic N) is 3. The summed E-state index contributed by atoms with van der Waals surface area (Å²) in [4.78, 5) is 84.3. The maximum Gasteiger partial charge on any atom is 0.435 e. The van der Waals surface area contributed by atoms with E-state index in [9.17, 15) is 47.0 Å². The second kappa shape index (κ2) is 17.0. The zero-order valence-corrected chi connectivity index (χ0v) is 42.4. The monoisotopic (exact) mass is 982 g/mol. The number of hydrogen-bond donors (Lipinski definition) is 5. The standard InChI is InChI=1S/C52H74F3N7O8/c1-28(2)39-33(63)24-50(59-44(69)51(26-57-27-51)58-41(65)32-23-36(52(53,54)55)60-62(32)38(64)25-61-20-18-56-19-21-61)17-16-48(8)29(40(39)50)10-11-35-47(7)14-13-37(46(5,6)34(47)12-15-49(35,48)9)70-43(68)31-22-30(42(66)67)45(31,3)4/h23,28-31,34-35,37,56-57H,10-22,24-27H2,1-9H3,(H,58,65)(H,59,69)(H,66,67)/t29-,30+,31-,34+,35-,37+,47+,48-,49-,50-/m1/s1. The fourth-order valence-corrected chi connectivity index (χ4v) is 16.2. The van der Waals surface area contributed by atoms with E-state index in [2.05, 4.69) is 61.0 Å². The zero-order chi connectivity index (χ0) is 50.9. The molecular formula is C52H74F3N7O8. The van der Waals surface area contributed by atoms with Crippen LogP contribution in [0.15, 0.2) is 17.2 Å². The second-order valence-electron chi connectivity index (χ2n) is 24.9. The Balaban J connectivity index is 0.956. The number of nitrogens with one attached hydrogen (secondary N) is 4. The van der Waals surface area contributed by atoms with Gasteiger partial charge >= 0.3 is 18.1 Å². The predicted octanol–water partition coefficient (Wildman–Crippen LogP) is 6.03. The molecule has 0 spiro atoms. The molecule has 2 saturated heterocycles. The Bertz CT molecular complexity index is 2400. The van der Waals surface area contributed by atoms with Crippen molar-refractivity contribution in [3.05, 3.63) is 28.6 Å². The third kappa shape index (κ3) is 7.62. The van der Waals surface area contributed by atoms with Crippen LogP contribution in [0.5, 0.6) is 0 Å². The molecule has 1 aromatic heterocycles. The van der Waals surface area contributed by atoms with Crippen molar-refractivity contribution in [2.45, 2.75) is 150 Å². The van der Waals surface area contributed by atoms with Crippen molar-refractivity contribution in [3.8, 4) is 0 Å². The van der Waals surface area contributed by atoms with E-state index in [1.807, 2.05) is 27.7 Å². The molecular weight excluding hydrogens is 908 g/mol. The minimum atomic E-state index is -4.94. The SMILES string of the molecule is CC(C)C1=C2[C@H]3CC[C@@H]4[C@@]5(C)CC[C@H](OC(=O)[C@H]6C[C@@H](C(=O)O)C6(C)C)C(C)(C)[C@@H]5CC[C@@]4(C)[C@]3(C)CC[C@@]2(NC(=O)C2(NC(=O)c3cc(C(F)(F)F)nn3C(=O)CN3CCNCC3)CNC2)CC1=O. The Labute approximate surface area is 409 Å². The molecule has 70 heavy (non-hydrogen) atoms. The smallest absolute Gasteiger partial charge is 0.435 e. The van der Waals surface area contributed by atoms with E-state index >= 15 is 0 Å². The highest BCUT2D eigenvalue weighted by molar-refractivity contribution is 6.04. The van der Waals surface area contributed by atoms with Gasteiger partial charge in [-0.2, -0.15) is 23.0 Å². The summed E-state index contributed by atoms with van der Waals surface area (Å²) in [5, 5.41) is 25.6. The lowest BCUT2D eigenvalue weighted by Crippen LogP contribution is -2.77. The maximum absolute atomic E-state index is 14.9. The Morgan fingerprint density at radius 2 is 1.54 bits per heavy atom. The molecule has 18 heteroatoms. The maximum atomic E-state index is 14.9. The lowest BCUT2D eigenvalue weighted by Gasteiger charge is -2.72. The number of rotatable bonds is 10. The van der Waals surface area contributed by atoms with Crippen LogP contribution in [0.4, 0.5) is 13.2 Å². The Morgan fingerprint density at radius 3 is 2.14 bits per heavy atom. The van der Waals surface area contributed by atoms with Crippen LogP contribution in [0.3, 0.4) is 0 Å². The predicted molar refractivity (Wildman–Crippen MR) is 251 cm³/mol. The summed E-state index contributed by atoms with van der Waals surface area (Å²) in [5.74, 6) is -4.14. The van der Waals surface area contributed by atoms with Crippen molar-refractivity contribution in [3.63, 3.8) is 0 Å². The first-order chi connectivity index (χ1) is 32.6. The van der Waals surface area contributed by atoms with Gasteiger partial charge in [0.25, 0.3) is 11.8 Å². The number of carbonyl (C=O) groups excluding carboxylic acids is 5. The van der Waals surface area contributed by atoms with Crippen molar-refractivity contribution in [1.29, 1.82) is 0 Å². The van der Waals surface area contributed by atoms with E-state index in [0.717, 1.165) is 49.7 Å². The van der Waals surface area contributed by atoms with Crippen LogP contribution in [0, 0.1) is 62.6 Å². The fraction of sp³-hybridized carbons (Fsp3) is 0.788. The van der Waals surface area contributed by atoms with Crippen LogP contribution in [0.25, 0.3) is 0 Å². The minimum Gasteiger partial charge on any atom is -0.481 e. The molecule has 0 aromatic carbocycles. The quantitative estimate of drug-likeness (QED) is 0.171. The molecule has 0 bridgehead atoms. The van der Waals surface area contributed by atoms with Crippen molar-refractivity contribution in [2.24, 2.45) is 62.6 Å². The van der Waals surface area contributed by atoms with Crippen LogP contribution in [0.1, 0.15) is 147 Å². The molecule has 8 aliphatic rings. The van der Waals surface area contributed by atoms with Gasteiger partial charge in [-0.3, -0.25) is 33.7 Å². The fourth-order valence-electron chi connectivity index (χ4n) is 16.2. The number of aliphatic carboxylic acids is 1. The number of aromatic nitrogens is 2. The molecule has 0 radical (unpaired) electrons. The number of halogens is 3. The summed E-state index contributed by atoms with van der Waals surface area (Å²) in [5.41, 5.74) is -4.35. The lowest BCUT2D eigenvalue weighted by atomic mass is 9.33. The molecule has 386 valence electrons. The minimum absolute atomic E-state index is 0.00714. The summed E-state index contributed by atoms with van der Waals surface area (Å²) in [6.45, 7) is 21.4. The van der Waals surface area contributed by atoms with Gasteiger partial charge in [-0.15, -0.1) is 0 Å². The Hall–Kier alpha value is -4.16. The molecule has 1 aromatic rings. The van der Waals surface area contributed by atoms with Gasteiger partial charge in [-0.05, 0) is 114 Å². The molecule has 3 heterocycles. The largest absolute Gasteiger partial charge is 0.481 e. The molecule has 6 aliphatic carbocycles. The third-order valence-corrected chi connectivity index (χ3v) is 20.5. The summed E-state index contributed by atoms with van der Waals surface area (Å²) in [7, 11) is 0. The number of Topliss-reactive ketones (excluding diaryl/α,β-unsaturated/α-hetero) is 1. The molecule has 9 rings (SSSR count). The number of carbonyl (C=O) groups is 6. The Kier molecular flexibility index (Phi) is 12.3. The number of ether oxygens (including phenoxy) is 1. The lowest BCUT2D eigenvalue weighted by molar-refractivity contribution is -0.235. The summed E-state index contributed by atoms with van der Waals surface area (Å²) >= 11 is 0. The van der Waals surface area contributed by atoms with Crippen molar-refractivity contribution >= 4 is 35.4 Å². The molecule has 2 aliphatic heterocycles. The van der Waals surface area contributed by atoms with Gasteiger partial charge in [0.2, 0.25) is 5.91 Å². The summed E-state index contributed by atoms with van der Waals surface area (Å²) in [6.07, 6.45) is 1.56. The summed E-state index contributed by atoms with van der Waals surface area (Å²) < 4.78 is 49.1. The number of amides is 2. The zero-order valence-electron chi connectivity index (χ0n) is 42.4. The van der Waals surface area contributed by atoms with Gasteiger partial charge in [0, 0.05) is 57.2 Å². The average Bonchev–Trinajstić information content (AvgIpc) is 3.84. The van der Waals surface area contributed by atoms with Crippen LogP contribution in [-0.2, 0) is 30.1 Å². The number of alkyl halides is 3. The molecule has 0 unspecified atom stereocenters. The number of carboxylic acids is 1. The third-order valence-electron chi connectivity index (χ3n) is 20.5. The molecule has 5 N–H and O–H groups in total. The van der Waals surface area contributed by atoms with E-state index in [-0.39, 0.29) is 83.3 Å². The van der Waals surface area contributed by atoms with Crippen LogP contribution < -0.4 is 21.3 Å². The molecule has 10 atom stereocenters. The van der Waals surface area contributed by atoms with Gasteiger partial charge < -0.3 is 31.1 Å². The number of allylic oxidation sites excluding steroid dienone is 1. The van der Waals surface area contributed by atoms with E-state index in [1.54, 1.807) is 4.90 Å². The van der Waals surface area contributed by atoms with Gasteiger partial charge in [-0.1, -0.05) is 62.3 Å². The summed E-state index contributed by atoms with van der Waals surface area (Å²) in [6, 6.07) is 0.553. The van der Waals surface area contributed by atoms with Gasteiger partial charge in [0.05, 0.1) is 23.9 Å². The van der Waals surface area contributed by atoms with Gasteiger partial charge in [-0.25, -0.2) is 0 Å². The highest BCUT2D eigenvalue weighted by Crippen LogP contribution is 2.76. The highest BCUT2D eigenvalue weighted by Gasteiger charge is 2.71. The van der Waals surface area contributed by atoms with Crippen LogP contribution in [-0.4, -0.2) is 118 Å². The van der Waals surface area contributed by atoms with Crippen molar-refractivity contribution in [2.75, 3.05) is 45.8 Å². The number of hydrogen-bond acceptors (Lipinski definition) is 11. The number of ketones is 1. The van der Waals surface area contributed by atoms with Crippen LogP contribution >= 0.6 is 0 Å². The van der Waals surface area contributed by atoms with Gasteiger partial charge in [0.1, 0.15) is 17.3 Å². The first-order valence-electron chi connectivity index (χ1n) is 25.8. The van der Waals surface area contributed by atoms with Crippen molar-refractivity contribution in [1.82, 2.24) is 35.9 Å². The number of fused-ring (bicyclic) bond motifs is 7. The van der Waals surface area contributed by atoms with E-state index in [1.165, 1.54) is 0 Å². The normalized spacial score (nSPS) is 37.4. The number of piperazine rings is 1. The molecule has 5 saturated carbocycles. The Morgan fingerprint density at radius 1 is 0.857 bits per heavy atom. The molecule has 15 nitrogen and oxygen atoms in total. The molecule has 7 fully saturated rings. The first-order valence-corrected chi connectivity index (χ1v) is 25.8. The average molecular weight is 982 g/mol. The number of esters is 1. The van der Waals surface area contributed by atoms with Crippen LogP contribution in [0.2, 0.25) is 0 Å². The van der Waals surface area contributed by atoms with Gasteiger partial charge in [0.15, 0.2) is 11.5 Å². The van der Waals surface area contributed by atoms with Crippen molar-refractivity contribution < 1.29 is 51.8 Å². The highest BCUT2D eigenvalue weighted by atomic mass is 19.4. The topological polar surface area (TPSA) is 201 Å². The number of carboxylic acid groups (broad SMARTS) is 1.